The number of nitrogens with zero attached hydrogens (tertiary/aromatic N) is 1. The molecule has 4 heavy (non-hydrogen) atoms. The van der Waals surface area contributed by atoms with Crippen LogP contribution in [0.3, 0.4) is 0 Å². The van der Waals surface area contributed by atoms with E-state index in [1.807, 2.05) is 0 Å². The van der Waals surface area contributed by atoms with Gasteiger partial charge in [-0.3, -0.25) is 0 Å². The van der Waals surface area contributed by atoms with Crippen molar-refractivity contribution in [1.29, 1.82) is 0 Å². The minimum absolute atomic E-state index is 1.18. The third kappa shape index (κ3) is 13.1. The molecule has 0 bridgehead atoms. The van der Waals surface area contributed by atoms with Crippen LogP contribution in [0, 0.1) is 0 Å². The van der Waals surface area contributed by atoms with Crippen LogP contribution in [0.25, 0.3) is 0 Å². The van der Waals surface area contributed by atoms with Gasteiger partial charge in [-0.05, 0) is 0 Å². The average molecular weight is 251 g/mol. The molecule has 0 heterocycles. The van der Waals surface area contributed by atoms with Gasteiger partial charge in [0, 0.05) is 0 Å². The Morgan fingerprint density at radius 3 is 1.50 bits per heavy atom. The van der Waals surface area contributed by atoms with Gasteiger partial charge in [0.15, 0.2) is 0 Å². The monoisotopic (exact) mass is 252 g/mol. The van der Waals surface area contributed by atoms with E-state index in [4.69, 9.17) is 0 Å². The zero-order valence-corrected chi connectivity index (χ0v) is 6.83. The van der Waals surface area contributed by atoms with Crippen LogP contribution in [0.1, 0.15) is 0 Å². The first kappa shape index (κ1) is 4.88. The van der Waals surface area contributed by atoms with Crippen LogP contribution < -0.4 is 0 Å². The fraction of sp³-hybridized carbons (Fsp3) is 1.00. The van der Waals surface area contributed by atoms with Gasteiger partial charge in [0.1, 0.15) is 0 Å². The summed E-state index contributed by atoms with van der Waals surface area (Å²) >= 11 is 1.18. The molecule has 0 N–H and O–H groups in total. The Hall–Kier alpha value is 0.882. The van der Waals surface area contributed by atoms with Crippen molar-refractivity contribution in [3.63, 3.8) is 0 Å². The predicted octanol–water partition coefficient (Wildman–Crippen LogP) is -0.369. The summed E-state index contributed by atoms with van der Waals surface area (Å²) in [6, 6.07) is 0. The Kier molecular flexibility index (Phi) is 2.61. The van der Waals surface area contributed by atoms with Crippen molar-refractivity contribution in [3.8, 4) is 0 Å². The summed E-state index contributed by atoms with van der Waals surface area (Å²) in [6.07, 6.45) is 0. The first-order chi connectivity index (χ1) is 1.73. The van der Waals surface area contributed by atoms with E-state index in [1.165, 1.54) is 26.1 Å². The van der Waals surface area contributed by atoms with E-state index < -0.39 is 0 Å². The van der Waals surface area contributed by atoms with E-state index in [2.05, 4.69) is 16.8 Å². The summed E-state index contributed by atoms with van der Waals surface area (Å²) < 4.78 is 2.14. The van der Waals surface area contributed by atoms with E-state index in [1.54, 1.807) is 0 Å². The van der Waals surface area contributed by atoms with Gasteiger partial charge in [-0.15, -0.1) is 0 Å². The normalized spacial score (nSPS) is 9.00. The fourth-order valence-electron chi connectivity index (χ4n) is 0. The molecule has 0 rings (SSSR count). The summed E-state index contributed by atoms with van der Waals surface area (Å²) in [5.74, 6) is 0. The molecule has 0 aliphatic heterocycles. The standard InChI is InChI=1S/C2H6N.Pb/c1-3-2;/h1-2H3;/q-1;+1. The van der Waals surface area contributed by atoms with E-state index in [9.17, 15) is 0 Å². The molecule has 0 unspecified atom stereocenters. The van der Waals surface area contributed by atoms with Gasteiger partial charge in [-0.25, -0.2) is 0 Å². The van der Waals surface area contributed by atoms with Crippen molar-refractivity contribution in [2.75, 3.05) is 14.1 Å². The second-order valence-corrected chi connectivity index (χ2v) is 4.37. The molecular formula is C2H6NPb. The molecule has 0 spiro atoms. The maximum absolute atomic E-state index is 2.14. The van der Waals surface area contributed by atoms with Crippen LogP contribution >= 0.6 is 0 Å². The van der Waals surface area contributed by atoms with Gasteiger partial charge in [0.25, 0.3) is 0 Å². The molecule has 0 aliphatic rings. The molecule has 0 saturated heterocycles. The van der Waals surface area contributed by atoms with E-state index in [0.29, 0.717) is 0 Å². The van der Waals surface area contributed by atoms with Crippen LogP contribution in [0.5, 0.6) is 0 Å². The zero-order chi connectivity index (χ0) is 3.58. The van der Waals surface area contributed by atoms with Crippen LogP contribution in [0.15, 0.2) is 0 Å². The van der Waals surface area contributed by atoms with Crippen LogP contribution in [-0.2, 0) is 0 Å². The molecule has 1 nitrogen and oxygen atoms in total. The van der Waals surface area contributed by atoms with E-state index in [-0.39, 0.29) is 0 Å². The minimum atomic E-state index is 1.18. The fourth-order valence-corrected chi connectivity index (χ4v) is 0. The number of hydrogen-bond donors (Lipinski definition) is 0. The van der Waals surface area contributed by atoms with Gasteiger partial charge >= 0.3 is 42.9 Å². The predicted molar refractivity (Wildman–Crippen MR) is 19.4 cm³/mol. The quantitative estimate of drug-likeness (QED) is 0.531. The molecule has 0 amide bonds. The van der Waals surface area contributed by atoms with Crippen molar-refractivity contribution in [1.82, 2.24) is 2.71 Å². The van der Waals surface area contributed by atoms with Crippen LogP contribution in [0.4, 0.5) is 0 Å². The van der Waals surface area contributed by atoms with E-state index >= 15 is 0 Å². The topological polar surface area (TPSA) is 3.24 Å². The molecule has 0 aromatic carbocycles. The molecule has 0 fully saturated rings. The van der Waals surface area contributed by atoms with Gasteiger partial charge in [0.05, 0.1) is 0 Å². The Morgan fingerprint density at radius 2 is 1.50 bits per heavy atom. The summed E-state index contributed by atoms with van der Waals surface area (Å²) in [4.78, 5) is 0. The van der Waals surface area contributed by atoms with Crippen LogP contribution in [0.2, 0.25) is 0 Å². The summed E-state index contributed by atoms with van der Waals surface area (Å²) in [6.45, 7) is 0. The van der Waals surface area contributed by atoms with Crippen molar-refractivity contribution in [2.45, 2.75) is 0 Å². The van der Waals surface area contributed by atoms with Crippen molar-refractivity contribution in [3.05, 3.63) is 0 Å². The van der Waals surface area contributed by atoms with E-state index in [0.717, 1.165) is 0 Å². The molecule has 0 saturated carbocycles. The maximum atomic E-state index is 2.14. The Morgan fingerprint density at radius 1 is 1.50 bits per heavy atom. The summed E-state index contributed by atoms with van der Waals surface area (Å²) in [5, 5.41) is 0. The van der Waals surface area contributed by atoms with Gasteiger partial charge in [-0.1, -0.05) is 0 Å². The molecule has 0 aromatic rings. The summed E-state index contributed by atoms with van der Waals surface area (Å²) in [7, 11) is 4.12. The average Bonchev–Trinajstić information content (AvgIpc) is 0.811. The first-order valence-corrected chi connectivity index (χ1v) is 2.86. The van der Waals surface area contributed by atoms with Crippen molar-refractivity contribution < 1.29 is 0 Å². The molecule has 0 aliphatic carbocycles. The second kappa shape index (κ2) is 2.14. The SMILES string of the molecule is C[N](C)[Pb]. The molecule has 0 atom stereocenters. The Labute approximate surface area is 43.1 Å². The Bertz CT molecular complexity index is 10.8. The van der Waals surface area contributed by atoms with Gasteiger partial charge in [0.2, 0.25) is 0 Å². The zero-order valence-electron chi connectivity index (χ0n) is 2.95. The third-order valence-electron chi connectivity index (χ3n) is 0. The van der Waals surface area contributed by atoms with Crippen molar-refractivity contribution >= 4 is 26.1 Å². The number of rotatable bonds is 0. The number of hydrogen-bond acceptors (Lipinski definition) is 1. The summed E-state index contributed by atoms with van der Waals surface area (Å²) in [5.41, 5.74) is 0. The second-order valence-electron chi connectivity index (χ2n) is 0.894. The van der Waals surface area contributed by atoms with Gasteiger partial charge < -0.3 is 0 Å². The third-order valence-corrected chi connectivity index (χ3v) is 0. The molecule has 23 valence electrons. The molecule has 0 aromatic heterocycles. The molecule has 3 radical (unpaired) electrons. The Balaban J connectivity index is 2.32. The molecular weight excluding hydrogens is 245 g/mol. The first-order valence-electron chi connectivity index (χ1n) is 1.12. The van der Waals surface area contributed by atoms with Crippen molar-refractivity contribution in [2.24, 2.45) is 0 Å². The molecule has 2 heteroatoms. The van der Waals surface area contributed by atoms with Gasteiger partial charge in [-0.2, -0.15) is 0 Å². The van der Waals surface area contributed by atoms with Crippen LogP contribution in [-0.4, -0.2) is 42.9 Å².